The number of rotatable bonds is 7. The molecule has 146 valence electrons. The summed E-state index contributed by atoms with van der Waals surface area (Å²) < 4.78 is 6.79. The van der Waals surface area contributed by atoms with E-state index < -0.39 is 0 Å². The van der Waals surface area contributed by atoms with Gasteiger partial charge in [-0.2, -0.15) is 0 Å². The van der Waals surface area contributed by atoms with Crippen LogP contribution in [-0.2, 0) is 11.3 Å². The van der Waals surface area contributed by atoms with Crippen LogP contribution >= 0.6 is 11.3 Å². The fraction of sp³-hybridized carbons (Fsp3) is 0.174. The number of thiazole rings is 1. The van der Waals surface area contributed by atoms with Gasteiger partial charge in [0.15, 0.2) is 5.13 Å². The molecule has 0 saturated heterocycles. The molecule has 0 fully saturated rings. The third-order valence-electron chi connectivity index (χ3n) is 4.53. The van der Waals surface area contributed by atoms with E-state index in [1.165, 1.54) is 11.3 Å². The van der Waals surface area contributed by atoms with Crippen molar-refractivity contribution in [3.05, 3.63) is 84.2 Å². The van der Waals surface area contributed by atoms with Crippen LogP contribution in [0.25, 0.3) is 10.2 Å². The van der Waals surface area contributed by atoms with Gasteiger partial charge in [0.2, 0.25) is 5.91 Å². The van der Waals surface area contributed by atoms with Crippen LogP contribution in [0.5, 0.6) is 5.75 Å². The zero-order valence-corrected chi connectivity index (χ0v) is 16.9. The smallest absolute Gasteiger partial charge is 0.232 e. The molecule has 0 aliphatic carbocycles. The number of aryl methyl sites for hydroxylation is 1. The van der Waals surface area contributed by atoms with Gasteiger partial charge in [-0.3, -0.25) is 14.7 Å². The highest BCUT2D eigenvalue weighted by Crippen LogP contribution is 2.31. The minimum Gasteiger partial charge on any atom is -0.493 e. The van der Waals surface area contributed by atoms with Gasteiger partial charge in [-0.15, -0.1) is 0 Å². The molecule has 0 aliphatic heterocycles. The molecule has 6 heteroatoms. The maximum absolute atomic E-state index is 13.1. The van der Waals surface area contributed by atoms with Crippen molar-refractivity contribution in [3.63, 3.8) is 0 Å². The van der Waals surface area contributed by atoms with E-state index in [1.807, 2.05) is 67.6 Å². The first-order chi connectivity index (χ1) is 14.2. The summed E-state index contributed by atoms with van der Waals surface area (Å²) in [6, 6.07) is 19.4. The fourth-order valence-corrected chi connectivity index (χ4v) is 4.09. The Morgan fingerprint density at radius 1 is 1.07 bits per heavy atom. The zero-order chi connectivity index (χ0) is 20.1. The first-order valence-electron chi connectivity index (χ1n) is 9.44. The molecule has 1 amide bonds. The second-order valence-corrected chi connectivity index (χ2v) is 7.68. The van der Waals surface area contributed by atoms with E-state index in [4.69, 9.17) is 9.72 Å². The van der Waals surface area contributed by atoms with Gasteiger partial charge < -0.3 is 4.74 Å². The molecule has 2 aromatic heterocycles. The number of fused-ring (bicyclic) bond motifs is 1. The van der Waals surface area contributed by atoms with Gasteiger partial charge >= 0.3 is 0 Å². The Hall–Kier alpha value is -3.25. The van der Waals surface area contributed by atoms with Crippen LogP contribution in [0, 0.1) is 6.92 Å². The fourth-order valence-electron chi connectivity index (χ4n) is 3.03. The summed E-state index contributed by atoms with van der Waals surface area (Å²) >= 11 is 1.53. The van der Waals surface area contributed by atoms with E-state index in [9.17, 15) is 4.79 Å². The van der Waals surface area contributed by atoms with Crippen LogP contribution < -0.4 is 9.64 Å². The van der Waals surface area contributed by atoms with E-state index in [-0.39, 0.29) is 12.3 Å². The van der Waals surface area contributed by atoms with E-state index in [0.29, 0.717) is 18.3 Å². The van der Waals surface area contributed by atoms with Crippen molar-refractivity contribution in [2.24, 2.45) is 0 Å². The Kier molecular flexibility index (Phi) is 5.81. The van der Waals surface area contributed by atoms with E-state index >= 15 is 0 Å². The summed E-state index contributed by atoms with van der Waals surface area (Å²) in [6.45, 7) is 2.78. The average Bonchev–Trinajstić information content (AvgIpc) is 3.19. The Balaban J connectivity index is 1.55. The van der Waals surface area contributed by atoms with Gasteiger partial charge in [-0.25, -0.2) is 4.98 Å². The molecule has 29 heavy (non-hydrogen) atoms. The summed E-state index contributed by atoms with van der Waals surface area (Å²) in [6.07, 6.45) is 3.77. The molecule has 0 spiro atoms. The van der Waals surface area contributed by atoms with E-state index in [1.54, 1.807) is 17.3 Å². The highest BCUT2D eigenvalue weighted by atomic mass is 32.1. The van der Waals surface area contributed by atoms with Crippen LogP contribution in [0.15, 0.2) is 73.1 Å². The molecule has 0 N–H and O–H groups in total. The number of nitrogens with zero attached hydrogens (tertiary/aromatic N) is 3. The number of ether oxygens (including phenoxy) is 1. The number of hydrogen-bond donors (Lipinski definition) is 0. The lowest BCUT2D eigenvalue weighted by Gasteiger charge is -2.20. The summed E-state index contributed by atoms with van der Waals surface area (Å²) in [5.74, 6) is 0.733. The van der Waals surface area contributed by atoms with Crippen molar-refractivity contribution >= 4 is 32.6 Å². The summed E-state index contributed by atoms with van der Waals surface area (Å²) in [5.41, 5.74) is 3.00. The predicted molar refractivity (Wildman–Crippen MR) is 116 cm³/mol. The highest BCUT2D eigenvalue weighted by molar-refractivity contribution is 7.22. The van der Waals surface area contributed by atoms with Crippen LogP contribution in [0.3, 0.4) is 0 Å². The summed E-state index contributed by atoms with van der Waals surface area (Å²) in [7, 11) is 0. The predicted octanol–water partition coefficient (Wildman–Crippen LogP) is 5.00. The lowest BCUT2D eigenvalue weighted by atomic mass is 10.2. The lowest BCUT2D eigenvalue weighted by Crippen LogP contribution is -2.31. The van der Waals surface area contributed by atoms with Gasteiger partial charge in [-0.1, -0.05) is 47.7 Å². The van der Waals surface area contributed by atoms with Gasteiger partial charge in [-0.05, 0) is 42.3 Å². The molecule has 0 bridgehead atoms. The zero-order valence-electron chi connectivity index (χ0n) is 16.1. The average molecular weight is 404 g/mol. The number of anilines is 1. The molecule has 4 rings (SSSR count). The molecule has 2 aromatic carbocycles. The lowest BCUT2D eigenvalue weighted by molar-refractivity contribution is -0.119. The second kappa shape index (κ2) is 8.84. The van der Waals surface area contributed by atoms with Crippen molar-refractivity contribution in [1.82, 2.24) is 9.97 Å². The van der Waals surface area contributed by atoms with Crippen LogP contribution in [0.2, 0.25) is 0 Å². The molecular weight excluding hydrogens is 382 g/mol. The molecule has 0 unspecified atom stereocenters. The topological polar surface area (TPSA) is 55.3 Å². The first-order valence-corrected chi connectivity index (χ1v) is 10.3. The minimum atomic E-state index is -0.0264. The van der Waals surface area contributed by atoms with Gasteiger partial charge in [0, 0.05) is 12.4 Å². The third kappa shape index (κ3) is 4.60. The van der Waals surface area contributed by atoms with Crippen molar-refractivity contribution in [2.75, 3.05) is 11.5 Å². The number of benzene rings is 2. The number of hydrogen-bond acceptors (Lipinski definition) is 5. The maximum Gasteiger partial charge on any atom is 0.232 e. The van der Waals surface area contributed by atoms with Gasteiger partial charge in [0.05, 0.1) is 29.8 Å². The minimum absolute atomic E-state index is 0.0264. The van der Waals surface area contributed by atoms with Gasteiger partial charge in [0.1, 0.15) is 5.75 Å². The SMILES string of the molecule is Cc1cccc2sc(N(Cc3cccnc3)C(=O)CCOc3ccccc3)nc12. The molecule has 2 heterocycles. The second-order valence-electron chi connectivity index (χ2n) is 6.67. The Morgan fingerprint density at radius 2 is 1.93 bits per heavy atom. The molecule has 0 atom stereocenters. The molecular formula is C23H21N3O2S. The number of carbonyl (C=O) groups excluding carboxylic acids is 1. The molecule has 5 nitrogen and oxygen atoms in total. The Bertz CT molecular complexity index is 1100. The largest absolute Gasteiger partial charge is 0.493 e. The van der Waals surface area contributed by atoms with Crippen LogP contribution in [0.4, 0.5) is 5.13 Å². The normalized spacial score (nSPS) is 10.8. The molecule has 0 radical (unpaired) electrons. The number of amides is 1. The number of aromatic nitrogens is 2. The number of pyridine rings is 1. The quantitative estimate of drug-likeness (QED) is 0.436. The van der Waals surface area contributed by atoms with Gasteiger partial charge in [0.25, 0.3) is 0 Å². The van der Waals surface area contributed by atoms with Crippen molar-refractivity contribution in [1.29, 1.82) is 0 Å². The van der Waals surface area contributed by atoms with Crippen LogP contribution in [-0.4, -0.2) is 22.5 Å². The van der Waals surface area contributed by atoms with Crippen molar-refractivity contribution < 1.29 is 9.53 Å². The summed E-state index contributed by atoms with van der Waals surface area (Å²) in [5, 5.41) is 0.697. The Labute approximate surface area is 173 Å². The molecule has 4 aromatic rings. The van der Waals surface area contributed by atoms with Crippen molar-refractivity contribution in [2.45, 2.75) is 19.9 Å². The van der Waals surface area contributed by atoms with Crippen molar-refractivity contribution in [3.8, 4) is 5.75 Å². The monoisotopic (exact) mass is 403 g/mol. The Morgan fingerprint density at radius 3 is 2.69 bits per heavy atom. The first kappa shape index (κ1) is 19.1. The standard InChI is InChI=1S/C23H21N3O2S/c1-17-7-5-11-20-22(17)25-23(29-20)26(16-18-8-6-13-24-15-18)21(27)12-14-28-19-9-3-2-4-10-19/h2-11,13,15H,12,14,16H2,1H3. The number of carbonyl (C=O) groups is 1. The van der Waals surface area contributed by atoms with E-state index in [2.05, 4.69) is 4.98 Å². The number of para-hydroxylation sites is 2. The third-order valence-corrected chi connectivity index (χ3v) is 5.58. The van der Waals surface area contributed by atoms with Crippen LogP contribution in [0.1, 0.15) is 17.5 Å². The molecule has 0 aliphatic rings. The highest BCUT2D eigenvalue weighted by Gasteiger charge is 2.21. The summed E-state index contributed by atoms with van der Waals surface area (Å²) in [4.78, 5) is 23.8. The maximum atomic E-state index is 13.1. The van der Waals surface area contributed by atoms with E-state index in [0.717, 1.165) is 27.1 Å². The molecule has 0 saturated carbocycles.